The number of nitrogens with one attached hydrogen (secondary N) is 1. The predicted molar refractivity (Wildman–Crippen MR) is 70.0 cm³/mol. The fraction of sp³-hybridized carbons (Fsp3) is 0. The molecule has 1 N–H and O–H groups in total. The van der Waals surface area contributed by atoms with Crippen LogP contribution in [0.3, 0.4) is 0 Å². The van der Waals surface area contributed by atoms with Gasteiger partial charge in [-0.1, -0.05) is 0 Å². The van der Waals surface area contributed by atoms with Crippen LogP contribution in [-0.4, -0.2) is 10.8 Å². The van der Waals surface area contributed by atoms with E-state index in [1.54, 1.807) is 6.07 Å². The lowest BCUT2D eigenvalue weighted by atomic mass is 10.1. The van der Waals surface area contributed by atoms with Gasteiger partial charge in [0.2, 0.25) is 5.82 Å². The fourth-order valence-corrected chi connectivity index (χ4v) is 2.28. The molecule has 0 aliphatic carbocycles. The van der Waals surface area contributed by atoms with Crippen LogP contribution in [0.25, 0.3) is 0 Å². The molecule has 0 unspecified atom stereocenters. The summed E-state index contributed by atoms with van der Waals surface area (Å²) in [7, 11) is 0. The first-order valence-corrected chi connectivity index (χ1v) is 6.25. The molecule has 2 aromatic rings. The lowest BCUT2D eigenvalue weighted by molar-refractivity contribution is -0.387. The molecule has 0 saturated carbocycles. The molecule has 0 aliphatic heterocycles. The molecule has 106 valence electrons. The van der Waals surface area contributed by atoms with E-state index in [9.17, 15) is 23.7 Å². The van der Waals surface area contributed by atoms with Gasteiger partial charge in [-0.3, -0.25) is 14.9 Å². The van der Waals surface area contributed by atoms with Crippen molar-refractivity contribution in [3.05, 3.63) is 56.5 Å². The summed E-state index contributed by atoms with van der Waals surface area (Å²) in [6, 6.07) is 4.48. The van der Waals surface area contributed by atoms with Crippen molar-refractivity contribution in [2.45, 2.75) is 0 Å². The van der Waals surface area contributed by atoms with Crippen molar-refractivity contribution >= 4 is 27.9 Å². The Labute approximate surface area is 120 Å². The lowest BCUT2D eigenvalue weighted by Crippen LogP contribution is -2.16. The third kappa shape index (κ3) is 2.70. The summed E-state index contributed by atoms with van der Waals surface area (Å²) in [5, 5.41) is 23.2. The van der Waals surface area contributed by atoms with E-state index in [-0.39, 0.29) is 10.6 Å². The molecule has 1 amide bonds. The van der Waals surface area contributed by atoms with E-state index in [0.29, 0.717) is 12.1 Å². The maximum Gasteiger partial charge on any atom is 0.305 e. The molecule has 1 aromatic heterocycles. The zero-order valence-corrected chi connectivity index (χ0v) is 10.9. The number of nitriles is 1. The summed E-state index contributed by atoms with van der Waals surface area (Å²) in [6.45, 7) is 0. The number of nitrogens with zero attached hydrogens (tertiary/aromatic N) is 2. The summed E-state index contributed by atoms with van der Waals surface area (Å²) < 4.78 is 27.4. The van der Waals surface area contributed by atoms with Gasteiger partial charge >= 0.3 is 5.69 Å². The van der Waals surface area contributed by atoms with E-state index in [1.807, 2.05) is 0 Å². The first-order chi connectivity index (χ1) is 9.95. The van der Waals surface area contributed by atoms with Crippen LogP contribution in [0, 0.1) is 33.1 Å². The number of nitro benzene ring substituents is 1. The highest BCUT2D eigenvalue weighted by Crippen LogP contribution is 2.26. The Kier molecular flexibility index (Phi) is 3.91. The minimum atomic E-state index is -1.56. The molecule has 6 nitrogen and oxygen atoms in total. The molecule has 9 heteroatoms. The van der Waals surface area contributed by atoms with Gasteiger partial charge in [0, 0.05) is 6.07 Å². The van der Waals surface area contributed by atoms with Gasteiger partial charge < -0.3 is 5.32 Å². The summed E-state index contributed by atoms with van der Waals surface area (Å²) in [4.78, 5) is 21.4. The summed E-state index contributed by atoms with van der Waals surface area (Å²) in [6.07, 6.45) is 0. The number of hydrogen-bond acceptors (Lipinski definition) is 5. The van der Waals surface area contributed by atoms with E-state index in [1.165, 1.54) is 11.4 Å². The Morgan fingerprint density at radius 3 is 2.71 bits per heavy atom. The molecule has 0 radical (unpaired) electrons. The molecule has 0 aliphatic rings. The number of nitro groups is 1. The normalized spacial score (nSPS) is 9.95. The van der Waals surface area contributed by atoms with Gasteiger partial charge in [0.1, 0.15) is 22.5 Å². The minimum absolute atomic E-state index is 0.104. The Bertz CT molecular complexity index is 783. The summed E-state index contributed by atoms with van der Waals surface area (Å²) >= 11 is 0.986. The molecule has 1 aromatic carbocycles. The Hall–Kier alpha value is -2.86. The Balaban J connectivity index is 2.42. The lowest BCUT2D eigenvalue weighted by Gasteiger charge is -2.06. The maximum atomic E-state index is 13.8. The van der Waals surface area contributed by atoms with Crippen LogP contribution in [0.4, 0.5) is 19.5 Å². The highest BCUT2D eigenvalue weighted by atomic mass is 32.1. The van der Waals surface area contributed by atoms with Gasteiger partial charge in [-0.05, 0) is 17.5 Å². The van der Waals surface area contributed by atoms with Crippen molar-refractivity contribution in [2.24, 2.45) is 0 Å². The van der Waals surface area contributed by atoms with Crippen LogP contribution in [0.1, 0.15) is 15.9 Å². The number of anilines is 1. The largest absolute Gasteiger partial charge is 0.312 e. The van der Waals surface area contributed by atoms with Gasteiger partial charge in [0.15, 0.2) is 0 Å². The molecule has 0 fully saturated rings. The van der Waals surface area contributed by atoms with Crippen molar-refractivity contribution < 1.29 is 18.5 Å². The number of thiophene rings is 1. The van der Waals surface area contributed by atoms with Crippen molar-refractivity contribution in [1.82, 2.24) is 0 Å². The van der Waals surface area contributed by atoms with Crippen LogP contribution >= 0.6 is 11.3 Å². The molecule has 0 atom stereocenters. The second-order valence-electron chi connectivity index (χ2n) is 3.74. The maximum absolute atomic E-state index is 13.8. The number of amides is 1. The molecule has 1 heterocycles. The number of carbonyl (C=O) groups excluding carboxylic acids is 1. The van der Waals surface area contributed by atoms with E-state index >= 15 is 0 Å². The average molecular weight is 309 g/mol. The third-order valence-corrected chi connectivity index (χ3v) is 3.34. The number of rotatable bonds is 3. The van der Waals surface area contributed by atoms with Crippen molar-refractivity contribution in [1.29, 1.82) is 5.26 Å². The minimum Gasteiger partial charge on any atom is -0.312 e. The average Bonchev–Trinajstić information content (AvgIpc) is 2.85. The molecule has 0 spiro atoms. The molecular weight excluding hydrogens is 304 g/mol. The topological polar surface area (TPSA) is 96.0 Å². The van der Waals surface area contributed by atoms with Gasteiger partial charge in [0.25, 0.3) is 5.91 Å². The van der Waals surface area contributed by atoms with Crippen molar-refractivity contribution in [3.8, 4) is 6.07 Å². The van der Waals surface area contributed by atoms with Crippen LogP contribution in [0.15, 0.2) is 23.6 Å². The SMILES string of the molecule is N#Cc1ccsc1NC(=O)c1c(F)ccc([N+](=O)[O-])c1F. The van der Waals surface area contributed by atoms with E-state index in [0.717, 1.165) is 11.3 Å². The van der Waals surface area contributed by atoms with E-state index in [4.69, 9.17) is 5.26 Å². The van der Waals surface area contributed by atoms with Crippen LogP contribution in [0.2, 0.25) is 0 Å². The molecule has 2 rings (SSSR count). The Morgan fingerprint density at radius 1 is 1.38 bits per heavy atom. The summed E-state index contributed by atoms with van der Waals surface area (Å²) in [5.41, 5.74) is -1.95. The van der Waals surface area contributed by atoms with Gasteiger partial charge in [-0.25, -0.2) is 4.39 Å². The summed E-state index contributed by atoms with van der Waals surface area (Å²) in [5.74, 6) is -3.99. The van der Waals surface area contributed by atoms with Crippen LogP contribution < -0.4 is 5.32 Å². The highest BCUT2D eigenvalue weighted by Gasteiger charge is 2.26. The van der Waals surface area contributed by atoms with Gasteiger partial charge in [-0.15, -0.1) is 11.3 Å². The zero-order valence-electron chi connectivity index (χ0n) is 10.1. The number of hydrogen-bond donors (Lipinski definition) is 1. The highest BCUT2D eigenvalue weighted by molar-refractivity contribution is 7.14. The monoisotopic (exact) mass is 309 g/mol. The number of halogens is 2. The Morgan fingerprint density at radius 2 is 2.10 bits per heavy atom. The van der Waals surface area contributed by atoms with E-state index in [2.05, 4.69) is 5.32 Å². The van der Waals surface area contributed by atoms with Crippen LogP contribution in [-0.2, 0) is 0 Å². The number of benzene rings is 1. The van der Waals surface area contributed by atoms with Gasteiger partial charge in [-0.2, -0.15) is 9.65 Å². The third-order valence-electron chi connectivity index (χ3n) is 2.51. The zero-order chi connectivity index (χ0) is 15.6. The van der Waals surface area contributed by atoms with Gasteiger partial charge in [0.05, 0.1) is 10.5 Å². The van der Waals surface area contributed by atoms with Crippen LogP contribution in [0.5, 0.6) is 0 Å². The molecule has 21 heavy (non-hydrogen) atoms. The first-order valence-electron chi connectivity index (χ1n) is 5.37. The van der Waals surface area contributed by atoms with Crippen molar-refractivity contribution in [3.63, 3.8) is 0 Å². The molecule has 0 bridgehead atoms. The molecular formula is C12H5F2N3O3S. The standard InChI is InChI=1S/C12H5F2N3O3S/c13-7-1-2-8(17(19)20)10(14)9(7)11(18)16-12-6(5-15)3-4-21-12/h1-4H,(H,16,18). The smallest absolute Gasteiger partial charge is 0.305 e. The van der Waals surface area contributed by atoms with Crippen molar-refractivity contribution in [2.75, 3.05) is 5.32 Å². The second kappa shape index (κ2) is 5.64. The predicted octanol–water partition coefficient (Wildman–Crippen LogP) is 3.06. The fourth-order valence-electron chi connectivity index (χ4n) is 1.55. The quantitative estimate of drug-likeness (QED) is 0.696. The van der Waals surface area contributed by atoms with E-state index < -0.39 is 33.7 Å². The first kappa shape index (κ1) is 14.5. The second-order valence-corrected chi connectivity index (χ2v) is 4.66. The number of carbonyl (C=O) groups is 1. The molecule has 0 saturated heterocycles.